The number of hydrogen-bond donors (Lipinski definition) is 1. The largest absolute Gasteiger partial charge is 0.318 e. The van der Waals surface area contributed by atoms with Crippen LogP contribution < -0.4 is 5.32 Å². The number of nitrogens with one attached hydrogen (secondary N) is 1. The van der Waals surface area contributed by atoms with E-state index < -0.39 is 5.91 Å². The number of benzene rings is 2. The van der Waals surface area contributed by atoms with Gasteiger partial charge in [-0.25, -0.2) is 9.37 Å². The molecule has 1 N–H and O–H groups in total. The van der Waals surface area contributed by atoms with Crippen molar-refractivity contribution in [2.75, 3.05) is 11.9 Å². The number of aryl methyl sites for hydroxylation is 1. The van der Waals surface area contributed by atoms with E-state index in [4.69, 9.17) is 0 Å². The van der Waals surface area contributed by atoms with E-state index in [0.717, 1.165) is 35.5 Å². The highest BCUT2D eigenvalue weighted by Gasteiger charge is 2.35. The molecule has 0 spiro atoms. The van der Waals surface area contributed by atoms with E-state index in [1.165, 1.54) is 40.5 Å². The van der Waals surface area contributed by atoms with Gasteiger partial charge in [-0.2, -0.15) is 0 Å². The van der Waals surface area contributed by atoms with Gasteiger partial charge in [-0.05, 0) is 68.8 Å². The van der Waals surface area contributed by atoms with Gasteiger partial charge >= 0.3 is 0 Å². The SMILES string of the molecule is CCCCN1C(=O)c2ccc(C(=O)Nc3nc(-c4cc(C)n(-c5ccc(F)cc5)c4C)cs3)cc2C1=O. The summed E-state index contributed by atoms with van der Waals surface area (Å²) in [5.74, 6) is -1.38. The highest BCUT2D eigenvalue weighted by Crippen LogP contribution is 2.32. The molecule has 1 aliphatic heterocycles. The molecule has 4 aromatic rings. The zero-order valence-electron chi connectivity index (χ0n) is 20.7. The number of anilines is 1. The lowest BCUT2D eigenvalue weighted by atomic mass is 10.1. The van der Waals surface area contributed by atoms with Crippen molar-refractivity contribution in [3.05, 3.63) is 87.8 Å². The molecule has 0 fully saturated rings. The third-order valence-corrected chi connectivity index (χ3v) is 7.24. The molecule has 0 radical (unpaired) electrons. The van der Waals surface area contributed by atoms with Crippen LogP contribution in [0, 0.1) is 19.7 Å². The number of imide groups is 1. The summed E-state index contributed by atoms with van der Waals surface area (Å²) in [4.78, 5) is 44.1. The van der Waals surface area contributed by atoms with E-state index in [0.29, 0.717) is 22.9 Å². The van der Waals surface area contributed by atoms with Crippen LogP contribution in [0.1, 0.15) is 62.2 Å². The second-order valence-corrected chi connectivity index (χ2v) is 9.82. The minimum atomic E-state index is -0.409. The normalized spacial score (nSPS) is 12.8. The molecule has 37 heavy (non-hydrogen) atoms. The average molecular weight is 517 g/mol. The lowest BCUT2D eigenvalue weighted by molar-refractivity contribution is 0.0652. The first-order valence-corrected chi connectivity index (χ1v) is 12.9. The molecule has 0 aliphatic carbocycles. The number of fused-ring (bicyclic) bond motifs is 1. The quantitative estimate of drug-likeness (QED) is 0.305. The molecular formula is C28H25FN4O3S. The third-order valence-electron chi connectivity index (χ3n) is 6.48. The number of unbranched alkanes of at least 4 members (excludes halogenated alkanes) is 1. The highest BCUT2D eigenvalue weighted by atomic mass is 32.1. The second-order valence-electron chi connectivity index (χ2n) is 8.96. The predicted octanol–water partition coefficient (Wildman–Crippen LogP) is 6.01. The second kappa shape index (κ2) is 9.74. The molecule has 0 bridgehead atoms. The Labute approximate surface area is 217 Å². The zero-order chi connectivity index (χ0) is 26.3. The van der Waals surface area contributed by atoms with Crippen LogP contribution in [0.3, 0.4) is 0 Å². The fourth-order valence-corrected chi connectivity index (χ4v) is 5.29. The van der Waals surface area contributed by atoms with E-state index in [9.17, 15) is 18.8 Å². The Balaban J connectivity index is 1.35. The van der Waals surface area contributed by atoms with Crippen LogP contribution in [0.15, 0.2) is 53.9 Å². The van der Waals surface area contributed by atoms with Crippen LogP contribution in [0.2, 0.25) is 0 Å². The molecule has 3 heterocycles. The molecule has 9 heteroatoms. The van der Waals surface area contributed by atoms with Gasteiger partial charge in [0, 0.05) is 40.1 Å². The van der Waals surface area contributed by atoms with Crippen molar-refractivity contribution in [3.8, 4) is 16.9 Å². The summed E-state index contributed by atoms with van der Waals surface area (Å²) >= 11 is 1.29. The number of thiazole rings is 1. The van der Waals surface area contributed by atoms with Gasteiger partial charge in [0.15, 0.2) is 5.13 Å². The van der Waals surface area contributed by atoms with Crippen molar-refractivity contribution in [3.63, 3.8) is 0 Å². The molecule has 2 aromatic carbocycles. The Morgan fingerprint density at radius 1 is 1.00 bits per heavy atom. The van der Waals surface area contributed by atoms with Gasteiger partial charge in [0.05, 0.1) is 16.8 Å². The van der Waals surface area contributed by atoms with Crippen molar-refractivity contribution in [2.45, 2.75) is 33.6 Å². The van der Waals surface area contributed by atoms with Crippen LogP contribution in [-0.4, -0.2) is 38.7 Å². The van der Waals surface area contributed by atoms with Crippen LogP contribution in [0.5, 0.6) is 0 Å². The maximum atomic E-state index is 13.4. The van der Waals surface area contributed by atoms with Gasteiger partial charge in [0.25, 0.3) is 17.7 Å². The molecule has 0 saturated heterocycles. The van der Waals surface area contributed by atoms with Gasteiger partial charge in [0.2, 0.25) is 0 Å². The van der Waals surface area contributed by atoms with Crippen molar-refractivity contribution < 1.29 is 18.8 Å². The summed E-state index contributed by atoms with van der Waals surface area (Å²) in [6, 6.07) is 12.9. The van der Waals surface area contributed by atoms with E-state index in [-0.39, 0.29) is 28.8 Å². The summed E-state index contributed by atoms with van der Waals surface area (Å²) < 4.78 is 15.4. The van der Waals surface area contributed by atoms with E-state index in [2.05, 4.69) is 10.3 Å². The van der Waals surface area contributed by atoms with E-state index in [1.807, 2.05) is 36.8 Å². The van der Waals surface area contributed by atoms with Crippen molar-refractivity contribution in [1.29, 1.82) is 0 Å². The number of halogens is 1. The minimum absolute atomic E-state index is 0.252. The predicted molar refractivity (Wildman–Crippen MR) is 141 cm³/mol. The lowest BCUT2D eigenvalue weighted by Crippen LogP contribution is -2.30. The summed E-state index contributed by atoms with van der Waals surface area (Å²) in [6.45, 7) is 6.30. The van der Waals surface area contributed by atoms with Crippen molar-refractivity contribution in [1.82, 2.24) is 14.5 Å². The fourth-order valence-electron chi connectivity index (χ4n) is 4.59. The summed E-state index contributed by atoms with van der Waals surface area (Å²) in [5.41, 5.74) is 5.25. The Bertz CT molecular complexity index is 1540. The van der Waals surface area contributed by atoms with Crippen LogP contribution >= 0.6 is 11.3 Å². The minimum Gasteiger partial charge on any atom is -0.318 e. The molecule has 5 rings (SSSR count). The summed E-state index contributed by atoms with van der Waals surface area (Å²) in [5, 5.41) is 5.08. The molecule has 0 atom stereocenters. The van der Waals surface area contributed by atoms with E-state index >= 15 is 0 Å². The number of carbonyl (C=O) groups excluding carboxylic acids is 3. The topological polar surface area (TPSA) is 84.3 Å². The number of rotatable bonds is 7. The maximum Gasteiger partial charge on any atom is 0.261 e. The fraction of sp³-hybridized carbons (Fsp3) is 0.214. The zero-order valence-corrected chi connectivity index (χ0v) is 21.5. The molecule has 1 aliphatic rings. The maximum absolute atomic E-state index is 13.4. The molecule has 0 unspecified atom stereocenters. The molecule has 7 nitrogen and oxygen atoms in total. The Hall–Kier alpha value is -4.11. The highest BCUT2D eigenvalue weighted by molar-refractivity contribution is 7.14. The first-order chi connectivity index (χ1) is 17.8. The number of carbonyl (C=O) groups is 3. The molecule has 188 valence electrons. The van der Waals surface area contributed by atoms with Crippen LogP contribution in [-0.2, 0) is 0 Å². The molecule has 3 amide bonds. The molecule has 2 aromatic heterocycles. The van der Waals surface area contributed by atoms with Crippen molar-refractivity contribution >= 4 is 34.2 Å². The Kier molecular flexibility index (Phi) is 6.47. The third kappa shape index (κ3) is 4.46. The van der Waals surface area contributed by atoms with Gasteiger partial charge < -0.3 is 4.57 Å². The monoisotopic (exact) mass is 516 g/mol. The van der Waals surface area contributed by atoms with Crippen LogP contribution in [0.25, 0.3) is 16.9 Å². The summed E-state index contributed by atoms with van der Waals surface area (Å²) in [6.07, 6.45) is 1.60. The standard InChI is InChI=1S/C28H25FN4O3S/c1-4-5-12-32-26(35)21-11-6-18(14-23(21)27(32)36)25(34)31-28-30-24(15-37-28)22-13-16(2)33(17(22)3)20-9-7-19(29)8-10-20/h6-11,13-15H,4-5,12H2,1-3H3,(H,30,31,34). The smallest absolute Gasteiger partial charge is 0.261 e. The summed E-state index contributed by atoms with van der Waals surface area (Å²) in [7, 11) is 0. The average Bonchev–Trinajstić information content (AvgIpc) is 3.53. The lowest BCUT2D eigenvalue weighted by Gasteiger charge is -2.12. The number of amides is 3. The van der Waals surface area contributed by atoms with Gasteiger partial charge in [-0.15, -0.1) is 11.3 Å². The van der Waals surface area contributed by atoms with Gasteiger partial charge in [-0.1, -0.05) is 13.3 Å². The first-order valence-electron chi connectivity index (χ1n) is 12.0. The van der Waals surface area contributed by atoms with Crippen molar-refractivity contribution in [2.24, 2.45) is 0 Å². The number of hydrogen-bond acceptors (Lipinski definition) is 5. The number of nitrogens with zero attached hydrogens (tertiary/aromatic N) is 3. The Morgan fingerprint density at radius 2 is 1.73 bits per heavy atom. The number of aromatic nitrogens is 2. The first kappa shape index (κ1) is 24.6. The van der Waals surface area contributed by atoms with E-state index in [1.54, 1.807) is 18.2 Å². The van der Waals surface area contributed by atoms with Gasteiger partial charge in [-0.3, -0.25) is 24.6 Å². The van der Waals surface area contributed by atoms with Gasteiger partial charge in [0.1, 0.15) is 5.82 Å². The molecule has 0 saturated carbocycles. The Morgan fingerprint density at radius 3 is 2.46 bits per heavy atom. The van der Waals surface area contributed by atoms with Crippen LogP contribution in [0.4, 0.5) is 9.52 Å². The molecular weight excluding hydrogens is 491 g/mol.